The molecule has 6 nitrogen and oxygen atoms in total. The first-order valence-electron chi connectivity index (χ1n) is 6.60. The summed E-state index contributed by atoms with van der Waals surface area (Å²) in [6.07, 6.45) is 0.203. The fourth-order valence-electron chi connectivity index (χ4n) is 2.43. The minimum Gasteiger partial charge on any atom is -0.275 e. The van der Waals surface area contributed by atoms with Crippen molar-refractivity contribution >= 4 is 23.6 Å². The van der Waals surface area contributed by atoms with Crippen molar-refractivity contribution in [3.8, 4) is 0 Å². The summed E-state index contributed by atoms with van der Waals surface area (Å²) in [5.41, 5.74) is 0.820. The Kier molecular flexibility index (Phi) is 4.16. The van der Waals surface area contributed by atoms with Crippen molar-refractivity contribution in [3.05, 3.63) is 35.9 Å². The molecule has 2 rings (SSSR count). The SMILES string of the molecule is CC(=O)N1CC(=O)N(C(C)=O)C(Cc2ccccc2)C1=O. The van der Waals surface area contributed by atoms with Gasteiger partial charge >= 0.3 is 0 Å². The van der Waals surface area contributed by atoms with Crippen LogP contribution in [0.2, 0.25) is 0 Å². The number of hydrogen-bond acceptors (Lipinski definition) is 4. The van der Waals surface area contributed by atoms with E-state index in [1.807, 2.05) is 30.3 Å². The van der Waals surface area contributed by atoms with Crippen molar-refractivity contribution in [2.75, 3.05) is 6.54 Å². The number of carbonyl (C=O) groups is 4. The molecule has 1 unspecified atom stereocenters. The fraction of sp³-hybridized carbons (Fsp3) is 0.333. The van der Waals surface area contributed by atoms with Crippen LogP contribution in [0.25, 0.3) is 0 Å². The smallest absolute Gasteiger partial charge is 0.253 e. The zero-order valence-corrected chi connectivity index (χ0v) is 11.9. The molecule has 1 aliphatic heterocycles. The number of imide groups is 2. The standard InChI is InChI=1S/C15H16N2O4/c1-10(18)16-9-14(20)17(11(2)19)13(15(16)21)8-12-6-4-3-5-7-12/h3-7,13H,8-9H2,1-2H3. The van der Waals surface area contributed by atoms with Crippen LogP contribution in [0.5, 0.6) is 0 Å². The average molecular weight is 288 g/mol. The third kappa shape index (κ3) is 2.99. The van der Waals surface area contributed by atoms with Gasteiger partial charge in [-0.3, -0.25) is 29.0 Å². The number of hydrogen-bond donors (Lipinski definition) is 0. The summed E-state index contributed by atoms with van der Waals surface area (Å²) >= 11 is 0. The second-order valence-corrected chi connectivity index (χ2v) is 4.93. The Bertz CT molecular complexity index is 597. The van der Waals surface area contributed by atoms with E-state index in [2.05, 4.69) is 0 Å². The van der Waals surface area contributed by atoms with Crippen LogP contribution in [0.1, 0.15) is 19.4 Å². The van der Waals surface area contributed by atoms with E-state index in [9.17, 15) is 19.2 Å². The van der Waals surface area contributed by atoms with Crippen LogP contribution in [-0.2, 0) is 25.6 Å². The van der Waals surface area contributed by atoms with Crippen LogP contribution in [-0.4, -0.2) is 46.0 Å². The van der Waals surface area contributed by atoms with E-state index < -0.39 is 29.7 Å². The Labute approximate surface area is 122 Å². The Morgan fingerprint density at radius 1 is 1.10 bits per heavy atom. The van der Waals surface area contributed by atoms with E-state index in [0.717, 1.165) is 15.4 Å². The maximum atomic E-state index is 12.4. The summed E-state index contributed by atoms with van der Waals surface area (Å²) in [6, 6.07) is 8.11. The number of rotatable bonds is 2. The normalized spacial score (nSPS) is 18.9. The van der Waals surface area contributed by atoms with Gasteiger partial charge in [0.2, 0.25) is 17.7 Å². The molecule has 1 aliphatic rings. The summed E-state index contributed by atoms with van der Waals surface area (Å²) in [5, 5.41) is 0. The minimum atomic E-state index is -0.963. The molecule has 0 spiro atoms. The Morgan fingerprint density at radius 3 is 2.24 bits per heavy atom. The largest absolute Gasteiger partial charge is 0.275 e. The molecular formula is C15H16N2O4. The molecule has 1 aromatic rings. The van der Waals surface area contributed by atoms with Crippen molar-refractivity contribution in [1.82, 2.24) is 9.80 Å². The van der Waals surface area contributed by atoms with Crippen LogP contribution in [0, 0.1) is 0 Å². The molecule has 1 aromatic carbocycles. The molecular weight excluding hydrogens is 272 g/mol. The Balaban J connectivity index is 2.34. The molecule has 6 heteroatoms. The van der Waals surface area contributed by atoms with E-state index in [1.54, 1.807) is 0 Å². The van der Waals surface area contributed by atoms with E-state index in [4.69, 9.17) is 0 Å². The highest BCUT2D eigenvalue weighted by Gasteiger charge is 2.42. The van der Waals surface area contributed by atoms with Crippen molar-refractivity contribution < 1.29 is 19.2 Å². The molecule has 0 N–H and O–H groups in total. The maximum Gasteiger partial charge on any atom is 0.253 e. The number of benzene rings is 1. The predicted molar refractivity (Wildman–Crippen MR) is 73.9 cm³/mol. The highest BCUT2D eigenvalue weighted by atomic mass is 16.2. The maximum absolute atomic E-state index is 12.4. The van der Waals surface area contributed by atoms with Crippen LogP contribution >= 0.6 is 0 Å². The third-order valence-electron chi connectivity index (χ3n) is 3.42. The van der Waals surface area contributed by atoms with Crippen LogP contribution < -0.4 is 0 Å². The summed E-state index contributed by atoms with van der Waals surface area (Å²) in [5.74, 6) is -2.02. The van der Waals surface area contributed by atoms with Crippen molar-refractivity contribution in [1.29, 1.82) is 0 Å². The zero-order chi connectivity index (χ0) is 15.6. The summed E-state index contributed by atoms with van der Waals surface area (Å²) in [4.78, 5) is 49.5. The van der Waals surface area contributed by atoms with Gasteiger partial charge < -0.3 is 0 Å². The van der Waals surface area contributed by atoms with Gasteiger partial charge in [-0.05, 0) is 5.56 Å². The molecule has 0 aromatic heterocycles. The van der Waals surface area contributed by atoms with Gasteiger partial charge in [-0.2, -0.15) is 0 Å². The van der Waals surface area contributed by atoms with Crippen LogP contribution in [0.15, 0.2) is 30.3 Å². The molecule has 1 fully saturated rings. The van der Waals surface area contributed by atoms with E-state index in [-0.39, 0.29) is 13.0 Å². The lowest BCUT2D eigenvalue weighted by Crippen LogP contribution is -2.62. The molecule has 0 bridgehead atoms. The first-order valence-corrected chi connectivity index (χ1v) is 6.60. The third-order valence-corrected chi connectivity index (χ3v) is 3.42. The lowest BCUT2D eigenvalue weighted by atomic mass is 10.0. The second kappa shape index (κ2) is 5.87. The molecule has 0 saturated carbocycles. The van der Waals surface area contributed by atoms with Gasteiger partial charge in [-0.25, -0.2) is 0 Å². The molecule has 1 atom stereocenters. The number of piperazine rings is 1. The van der Waals surface area contributed by atoms with E-state index in [0.29, 0.717) is 0 Å². The molecule has 4 amide bonds. The molecule has 110 valence electrons. The zero-order valence-electron chi connectivity index (χ0n) is 11.9. The molecule has 0 radical (unpaired) electrons. The molecule has 1 saturated heterocycles. The van der Waals surface area contributed by atoms with Gasteiger partial charge in [0.15, 0.2) is 0 Å². The van der Waals surface area contributed by atoms with Crippen LogP contribution in [0.4, 0.5) is 0 Å². The highest BCUT2D eigenvalue weighted by molar-refractivity contribution is 6.09. The quantitative estimate of drug-likeness (QED) is 0.787. The molecule has 0 aliphatic carbocycles. The topological polar surface area (TPSA) is 74.8 Å². The second-order valence-electron chi connectivity index (χ2n) is 4.93. The predicted octanol–water partition coefficient (Wildman–Crippen LogP) is 0.361. The van der Waals surface area contributed by atoms with Crippen molar-refractivity contribution in [3.63, 3.8) is 0 Å². The minimum absolute atomic E-state index is 0.203. The lowest BCUT2D eigenvalue weighted by molar-refractivity contribution is -0.166. The van der Waals surface area contributed by atoms with E-state index in [1.165, 1.54) is 13.8 Å². The fourth-order valence-corrected chi connectivity index (χ4v) is 2.43. The molecule has 1 heterocycles. The summed E-state index contributed by atoms with van der Waals surface area (Å²) in [6.45, 7) is 2.10. The van der Waals surface area contributed by atoms with Crippen LogP contribution in [0.3, 0.4) is 0 Å². The first-order chi connectivity index (χ1) is 9.91. The number of amides is 4. The van der Waals surface area contributed by atoms with Crippen molar-refractivity contribution in [2.45, 2.75) is 26.3 Å². The van der Waals surface area contributed by atoms with E-state index >= 15 is 0 Å². The van der Waals surface area contributed by atoms with Gasteiger partial charge in [0.1, 0.15) is 12.6 Å². The van der Waals surface area contributed by atoms with Gasteiger partial charge in [0.05, 0.1) is 0 Å². The van der Waals surface area contributed by atoms with Gasteiger partial charge in [0, 0.05) is 20.3 Å². The Morgan fingerprint density at radius 2 is 1.71 bits per heavy atom. The number of nitrogens with zero attached hydrogens (tertiary/aromatic N) is 2. The Hall–Kier alpha value is -2.50. The number of carbonyl (C=O) groups excluding carboxylic acids is 4. The van der Waals surface area contributed by atoms with Gasteiger partial charge in [-0.15, -0.1) is 0 Å². The lowest BCUT2D eigenvalue weighted by Gasteiger charge is -2.37. The van der Waals surface area contributed by atoms with Gasteiger partial charge in [0.25, 0.3) is 5.91 Å². The van der Waals surface area contributed by atoms with Gasteiger partial charge in [-0.1, -0.05) is 30.3 Å². The monoisotopic (exact) mass is 288 g/mol. The molecule has 21 heavy (non-hydrogen) atoms. The highest BCUT2D eigenvalue weighted by Crippen LogP contribution is 2.18. The average Bonchev–Trinajstić information content (AvgIpc) is 2.43. The summed E-state index contributed by atoms with van der Waals surface area (Å²) in [7, 11) is 0. The summed E-state index contributed by atoms with van der Waals surface area (Å²) < 4.78 is 0. The van der Waals surface area contributed by atoms with Crippen molar-refractivity contribution in [2.24, 2.45) is 0 Å². The first kappa shape index (κ1) is 14.9.